The molecule has 0 amide bonds. The molecular formula is C9H16IN3O12P2. The van der Waals surface area contributed by atoms with Crippen molar-refractivity contribution in [2.75, 3.05) is 6.61 Å². The minimum absolute atomic E-state index is 0. The van der Waals surface area contributed by atoms with Gasteiger partial charge in [-0.05, 0) is 22.6 Å². The molecule has 9 N–H and O–H groups in total. The summed E-state index contributed by atoms with van der Waals surface area (Å²) in [6.07, 6.45) is -5.21. The Hall–Kier alpha value is -0.490. The van der Waals surface area contributed by atoms with E-state index in [-0.39, 0.29) is 9.72 Å². The summed E-state index contributed by atoms with van der Waals surface area (Å²) >= 11 is 1.62. The second-order valence-electron chi connectivity index (χ2n) is 5.03. The van der Waals surface area contributed by atoms with Crippen LogP contribution < -0.4 is 17.4 Å². The molecule has 1 aliphatic heterocycles. The molecule has 1 fully saturated rings. The molecule has 1 unspecified atom stereocenters. The topological polar surface area (TPSA) is 253 Å². The SMILES string of the molecule is N.O=c1[nH]c(=O)n([C@@H]2O[C@H](COP(=O)(O)OP(=O)(O)O)[C@@H](O)[C@H]2O)cc1I. The number of halogens is 1. The van der Waals surface area contributed by atoms with Gasteiger partial charge in [0.1, 0.15) is 18.3 Å². The van der Waals surface area contributed by atoms with E-state index < -0.39 is 58.0 Å². The number of H-pyrrole nitrogens is 1. The summed E-state index contributed by atoms with van der Waals surface area (Å²) in [5.41, 5.74) is -1.61. The Morgan fingerprint density at radius 3 is 2.37 bits per heavy atom. The average molecular weight is 547 g/mol. The molecule has 0 saturated carbocycles. The van der Waals surface area contributed by atoms with E-state index in [1.54, 1.807) is 22.6 Å². The van der Waals surface area contributed by atoms with E-state index in [9.17, 15) is 33.8 Å². The minimum atomic E-state index is -5.32. The quantitative estimate of drug-likeness (QED) is 0.153. The number of aliphatic hydroxyl groups excluding tert-OH is 2. The van der Waals surface area contributed by atoms with Gasteiger partial charge in [0.05, 0.1) is 10.2 Å². The summed E-state index contributed by atoms with van der Waals surface area (Å²) in [4.78, 5) is 51.3. The average Bonchev–Trinajstić information content (AvgIpc) is 2.75. The van der Waals surface area contributed by atoms with Gasteiger partial charge in [-0.2, -0.15) is 4.31 Å². The van der Waals surface area contributed by atoms with Crippen molar-refractivity contribution in [3.8, 4) is 0 Å². The molecule has 0 aromatic carbocycles. The zero-order valence-corrected chi connectivity index (χ0v) is 17.1. The number of hydrogen-bond acceptors (Lipinski definition) is 10. The van der Waals surface area contributed by atoms with Crippen LogP contribution in [0.3, 0.4) is 0 Å². The second kappa shape index (κ2) is 8.89. The van der Waals surface area contributed by atoms with Crippen LogP contribution in [0.25, 0.3) is 0 Å². The first kappa shape index (κ1) is 24.5. The van der Waals surface area contributed by atoms with Crippen molar-refractivity contribution in [2.45, 2.75) is 24.5 Å². The normalized spacial score (nSPS) is 27.8. The summed E-state index contributed by atoms with van der Waals surface area (Å²) in [5, 5.41) is 19.9. The maximum atomic E-state index is 11.8. The number of aromatic amines is 1. The number of phosphoric ester groups is 1. The molecule has 0 radical (unpaired) electrons. The molecule has 2 heterocycles. The summed E-state index contributed by atoms with van der Waals surface area (Å²) in [5.74, 6) is 0. The molecule has 27 heavy (non-hydrogen) atoms. The standard InChI is InChI=1S/C9H13IN2O12P2.H3N/c10-3-1-12(9(16)11-7(3)15)8-6(14)5(13)4(23-8)2-22-26(20,21)24-25(17,18)19;/h1,4-6,8,13-14H,2H2,(H,20,21)(H,11,15,16)(H2,17,18,19);1H3/t4-,5-,6-,8-;/m1./s1. The molecule has 156 valence electrons. The predicted octanol–water partition coefficient (Wildman–Crippen LogP) is -1.85. The van der Waals surface area contributed by atoms with Crippen molar-refractivity contribution in [3.05, 3.63) is 30.6 Å². The minimum Gasteiger partial charge on any atom is -0.387 e. The van der Waals surface area contributed by atoms with Gasteiger partial charge in [0.15, 0.2) is 6.23 Å². The number of hydrogen-bond donors (Lipinski definition) is 7. The third-order valence-corrected chi connectivity index (χ3v) is 6.07. The summed E-state index contributed by atoms with van der Waals surface area (Å²) in [7, 11) is -10.5. The van der Waals surface area contributed by atoms with Crippen LogP contribution in [0.1, 0.15) is 6.23 Å². The fraction of sp³-hybridized carbons (Fsp3) is 0.556. The van der Waals surface area contributed by atoms with E-state index in [0.717, 1.165) is 10.8 Å². The lowest BCUT2D eigenvalue weighted by Crippen LogP contribution is -2.38. The van der Waals surface area contributed by atoms with Gasteiger partial charge in [0.2, 0.25) is 0 Å². The number of ether oxygens (including phenoxy) is 1. The number of rotatable bonds is 6. The number of phosphoric acid groups is 2. The zero-order valence-electron chi connectivity index (χ0n) is 13.1. The van der Waals surface area contributed by atoms with Crippen LogP contribution in [-0.2, 0) is 22.7 Å². The van der Waals surface area contributed by atoms with Crippen molar-refractivity contribution in [2.24, 2.45) is 0 Å². The Labute approximate surface area is 163 Å². The van der Waals surface area contributed by atoms with Crippen LogP contribution in [0.5, 0.6) is 0 Å². The highest BCUT2D eigenvalue weighted by Crippen LogP contribution is 2.57. The summed E-state index contributed by atoms with van der Waals surface area (Å²) in [6.45, 7) is -0.905. The van der Waals surface area contributed by atoms with Gasteiger partial charge in [-0.25, -0.2) is 13.9 Å². The third-order valence-electron chi connectivity index (χ3n) is 3.15. The Morgan fingerprint density at radius 2 is 1.81 bits per heavy atom. The van der Waals surface area contributed by atoms with Crippen LogP contribution in [0.2, 0.25) is 0 Å². The first-order valence-electron chi connectivity index (χ1n) is 6.57. The van der Waals surface area contributed by atoms with Gasteiger partial charge in [0, 0.05) is 6.20 Å². The number of aliphatic hydroxyl groups is 2. The van der Waals surface area contributed by atoms with Crippen LogP contribution in [-0.4, -0.2) is 59.4 Å². The largest absolute Gasteiger partial charge is 0.481 e. The lowest BCUT2D eigenvalue weighted by Gasteiger charge is -2.18. The lowest BCUT2D eigenvalue weighted by atomic mass is 10.1. The molecule has 0 spiro atoms. The Bertz CT molecular complexity index is 882. The van der Waals surface area contributed by atoms with E-state index in [1.165, 1.54) is 0 Å². The number of nitrogens with zero attached hydrogens (tertiary/aromatic N) is 1. The molecule has 1 aromatic heterocycles. The summed E-state index contributed by atoms with van der Waals surface area (Å²) < 4.78 is 35.9. The monoisotopic (exact) mass is 547 g/mol. The smallest absolute Gasteiger partial charge is 0.387 e. The second-order valence-corrected chi connectivity index (χ2v) is 9.02. The van der Waals surface area contributed by atoms with Crippen molar-refractivity contribution < 1.29 is 47.6 Å². The molecule has 0 bridgehead atoms. The van der Waals surface area contributed by atoms with Gasteiger partial charge in [-0.15, -0.1) is 0 Å². The lowest BCUT2D eigenvalue weighted by molar-refractivity contribution is -0.0543. The van der Waals surface area contributed by atoms with E-state index in [0.29, 0.717) is 0 Å². The van der Waals surface area contributed by atoms with Gasteiger partial charge in [-0.3, -0.25) is 18.9 Å². The van der Waals surface area contributed by atoms with Crippen LogP contribution in [0.4, 0.5) is 0 Å². The fourth-order valence-electron chi connectivity index (χ4n) is 2.07. The number of nitrogens with one attached hydrogen (secondary N) is 1. The fourth-order valence-corrected chi connectivity index (χ4v) is 4.11. The van der Waals surface area contributed by atoms with E-state index in [1.807, 2.05) is 4.98 Å². The first-order valence-corrected chi connectivity index (χ1v) is 10.7. The van der Waals surface area contributed by atoms with Gasteiger partial charge in [0.25, 0.3) is 5.56 Å². The summed E-state index contributed by atoms with van der Waals surface area (Å²) in [6, 6.07) is 0. The molecule has 15 nitrogen and oxygen atoms in total. The van der Waals surface area contributed by atoms with Gasteiger partial charge < -0.3 is 35.8 Å². The van der Waals surface area contributed by atoms with Crippen molar-refractivity contribution in [1.29, 1.82) is 0 Å². The first-order chi connectivity index (χ1) is 11.8. The maximum absolute atomic E-state index is 11.8. The van der Waals surface area contributed by atoms with Crippen LogP contribution in [0.15, 0.2) is 15.8 Å². The van der Waals surface area contributed by atoms with Gasteiger partial charge >= 0.3 is 21.3 Å². The third kappa shape index (κ3) is 6.25. The Kier molecular flexibility index (Phi) is 8.09. The van der Waals surface area contributed by atoms with Crippen LogP contribution in [0, 0.1) is 3.57 Å². The molecule has 2 rings (SSSR count). The highest BCUT2D eigenvalue weighted by molar-refractivity contribution is 14.1. The van der Waals surface area contributed by atoms with E-state index >= 15 is 0 Å². The maximum Gasteiger partial charge on any atom is 0.481 e. The van der Waals surface area contributed by atoms with Gasteiger partial charge in [-0.1, -0.05) is 0 Å². The number of aromatic nitrogens is 2. The Morgan fingerprint density at radius 1 is 1.22 bits per heavy atom. The predicted molar refractivity (Wildman–Crippen MR) is 93.9 cm³/mol. The van der Waals surface area contributed by atoms with E-state index in [2.05, 4.69) is 8.83 Å². The molecular weight excluding hydrogens is 531 g/mol. The molecule has 0 aliphatic carbocycles. The Balaban J connectivity index is 0.00000364. The van der Waals surface area contributed by atoms with Crippen molar-refractivity contribution in [1.82, 2.24) is 15.7 Å². The van der Waals surface area contributed by atoms with E-state index in [4.69, 9.17) is 14.5 Å². The van der Waals surface area contributed by atoms with Crippen LogP contribution >= 0.6 is 38.2 Å². The molecule has 1 aliphatic rings. The zero-order chi connectivity index (χ0) is 19.9. The highest BCUT2D eigenvalue weighted by Gasteiger charge is 2.45. The van der Waals surface area contributed by atoms with Crippen molar-refractivity contribution in [3.63, 3.8) is 0 Å². The molecule has 1 saturated heterocycles. The molecule has 18 heteroatoms. The molecule has 1 aromatic rings. The van der Waals surface area contributed by atoms with Crippen molar-refractivity contribution >= 4 is 38.2 Å². The molecule has 5 atom stereocenters. The highest BCUT2D eigenvalue weighted by atomic mass is 127.